The summed E-state index contributed by atoms with van der Waals surface area (Å²) in [5.41, 5.74) is 4.27. The first-order valence-corrected chi connectivity index (χ1v) is 13.7. The Morgan fingerprint density at radius 2 is 1.71 bits per heavy atom. The normalized spacial score (nSPS) is 12.0. The lowest BCUT2D eigenvalue weighted by molar-refractivity contribution is -0.137. The number of ether oxygens (including phenoxy) is 1. The largest absolute Gasteiger partial charge is 0.480 e. The van der Waals surface area contributed by atoms with Crippen molar-refractivity contribution < 1.29 is 30.7 Å². The summed E-state index contributed by atoms with van der Waals surface area (Å²) in [5, 5.41) is -0.0726. The molecule has 5 aromatic rings. The van der Waals surface area contributed by atoms with Crippen LogP contribution in [0.15, 0.2) is 88.7 Å². The van der Waals surface area contributed by atoms with Crippen molar-refractivity contribution in [2.45, 2.75) is 17.6 Å². The van der Waals surface area contributed by atoms with Crippen LogP contribution in [0.3, 0.4) is 0 Å². The number of pyridine rings is 1. The lowest BCUT2D eigenvalue weighted by atomic mass is 10.1. The molecule has 0 spiro atoms. The van der Waals surface area contributed by atoms with E-state index in [1.165, 1.54) is 67.9 Å². The van der Waals surface area contributed by atoms with Crippen LogP contribution in [-0.2, 0) is 22.7 Å². The summed E-state index contributed by atoms with van der Waals surface area (Å²) in [6.07, 6.45) is -3.46. The number of nitrogens with zero attached hydrogens (tertiary/aromatic N) is 3. The van der Waals surface area contributed by atoms with Gasteiger partial charge in [-0.1, -0.05) is 36.4 Å². The predicted molar refractivity (Wildman–Crippen MR) is 147 cm³/mol. The molecule has 0 aliphatic carbocycles. The summed E-state index contributed by atoms with van der Waals surface area (Å²) in [4.78, 5) is 21.3. The molecule has 3 N–H and O–H groups in total. The summed E-state index contributed by atoms with van der Waals surface area (Å²) >= 11 is 0. The number of para-hydroxylation sites is 1. The van der Waals surface area contributed by atoms with E-state index in [0.717, 1.165) is 12.1 Å². The molecule has 0 saturated carbocycles. The molecule has 42 heavy (non-hydrogen) atoms. The number of alkyl halides is 3. The van der Waals surface area contributed by atoms with E-state index in [2.05, 4.69) is 14.7 Å². The first-order chi connectivity index (χ1) is 19.9. The molecule has 2 heterocycles. The topological polar surface area (TPSA) is 129 Å². The van der Waals surface area contributed by atoms with E-state index >= 15 is 0 Å². The number of fused-ring (bicyclic) bond motifs is 1. The number of anilines is 1. The van der Waals surface area contributed by atoms with Gasteiger partial charge in [-0.25, -0.2) is 32.1 Å². The first-order valence-electron chi connectivity index (χ1n) is 12.2. The second-order valence-corrected chi connectivity index (χ2v) is 10.7. The van der Waals surface area contributed by atoms with E-state index < -0.39 is 44.8 Å². The lowest BCUT2D eigenvalue weighted by Crippen LogP contribution is -2.25. The summed E-state index contributed by atoms with van der Waals surface area (Å²) in [5.74, 6) is -1.27. The van der Waals surface area contributed by atoms with Crippen LogP contribution in [-0.4, -0.2) is 30.1 Å². The minimum Gasteiger partial charge on any atom is -0.480 e. The van der Waals surface area contributed by atoms with E-state index in [1.807, 2.05) is 0 Å². The Hall–Kier alpha value is -4.82. The number of aromatic nitrogens is 3. The van der Waals surface area contributed by atoms with Gasteiger partial charge in [0.2, 0.25) is 21.9 Å². The molecule has 14 heteroatoms. The molecule has 0 amide bonds. The van der Waals surface area contributed by atoms with Crippen LogP contribution in [0.2, 0.25) is 0 Å². The Morgan fingerprint density at radius 1 is 1.00 bits per heavy atom. The summed E-state index contributed by atoms with van der Waals surface area (Å²) < 4.78 is 89.6. The van der Waals surface area contributed by atoms with Crippen molar-refractivity contribution in [3.8, 4) is 22.7 Å². The Balaban J connectivity index is 1.60. The molecule has 9 nitrogen and oxygen atoms in total. The molecule has 0 unspecified atom stereocenters. The zero-order valence-corrected chi connectivity index (χ0v) is 22.5. The molecule has 2 aromatic heterocycles. The number of hydrogen-bond acceptors (Lipinski definition) is 7. The second-order valence-electron chi connectivity index (χ2n) is 9.00. The van der Waals surface area contributed by atoms with Crippen molar-refractivity contribution in [3.05, 3.63) is 106 Å². The first kappa shape index (κ1) is 28.7. The minimum atomic E-state index is -4.77. The summed E-state index contributed by atoms with van der Waals surface area (Å²) in [6, 6.07) is 15.7. The van der Waals surface area contributed by atoms with Crippen LogP contribution in [0.1, 0.15) is 11.1 Å². The molecule has 0 saturated heterocycles. The third-order valence-electron chi connectivity index (χ3n) is 6.39. The van der Waals surface area contributed by atoms with Gasteiger partial charge in [0.15, 0.2) is 0 Å². The van der Waals surface area contributed by atoms with Crippen LogP contribution in [0, 0.1) is 5.82 Å². The van der Waals surface area contributed by atoms with Gasteiger partial charge in [0.25, 0.3) is 5.56 Å². The minimum absolute atomic E-state index is 0.0726. The van der Waals surface area contributed by atoms with Gasteiger partial charge < -0.3 is 10.5 Å². The number of halogens is 4. The van der Waals surface area contributed by atoms with Gasteiger partial charge in [0.1, 0.15) is 10.7 Å². The zero-order valence-electron chi connectivity index (χ0n) is 21.7. The monoisotopic (exact) mass is 599 g/mol. The standard InChI is InChI=1S/C28H21F4N5O4S/c1-41-25-24(42(39,40)35-15-17-6-2-4-8-21(17)29)13-18(14-34-25)16-10-11-22-19(12-16)26(38)37(27(33)36-22)23-9-5-3-7-20(23)28(30,31)32/h2-14,35H,15H2,1H3,(H2,33,36). The number of nitrogens with two attached hydrogens (primary N) is 1. The van der Waals surface area contributed by atoms with Crippen molar-refractivity contribution in [2.24, 2.45) is 0 Å². The molecule has 5 rings (SSSR count). The quantitative estimate of drug-likeness (QED) is 0.260. The highest BCUT2D eigenvalue weighted by molar-refractivity contribution is 7.89. The van der Waals surface area contributed by atoms with E-state index in [0.29, 0.717) is 10.1 Å². The molecular formula is C28H21F4N5O4S. The van der Waals surface area contributed by atoms with Crippen molar-refractivity contribution in [1.29, 1.82) is 0 Å². The average molecular weight is 600 g/mol. The van der Waals surface area contributed by atoms with Gasteiger partial charge in [-0.15, -0.1) is 0 Å². The molecule has 0 aliphatic rings. The van der Waals surface area contributed by atoms with Crippen LogP contribution >= 0.6 is 0 Å². The SMILES string of the molecule is COc1ncc(-c2ccc3nc(N)n(-c4ccccc4C(F)(F)F)c(=O)c3c2)cc1S(=O)(=O)NCc1ccccc1F. The maximum atomic E-state index is 14.0. The van der Waals surface area contributed by atoms with E-state index in [-0.39, 0.29) is 39.4 Å². The lowest BCUT2D eigenvalue weighted by Gasteiger charge is -2.16. The third kappa shape index (κ3) is 5.41. The number of nitrogens with one attached hydrogen (secondary N) is 1. The molecule has 0 atom stereocenters. The smallest absolute Gasteiger partial charge is 0.418 e. The highest BCUT2D eigenvalue weighted by Crippen LogP contribution is 2.34. The Labute approximate surface area is 236 Å². The third-order valence-corrected chi connectivity index (χ3v) is 7.79. The molecule has 0 radical (unpaired) electrons. The van der Waals surface area contributed by atoms with Crippen molar-refractivity contribution >= 4 is 26.9 Å². The summed E-state index contributed by atoms with van der Waals surface area (Å²) in [6.45, 7) is -0.343. The number of benzene rings is 3. The van der Waals surface area contributed by atoms with Crippen molar-refractivity contribution in [3.63, 3.8) is 0 Å². The highest BCUT2D eigenvalue weighted by Gasteiger charge is 2.34. The van der Waals surface area contributed by atoms with Gasteiger partial charge >= 0.3 is 6.18 Å². The fourth-order valence-corrected chi connectivity index (χ4v) is 5.50. The zero-order chi connectivity index (χ0) is 30.2. The molecule has 0 bridgehead atoms. The highest BCUT2D eigenvalue weighted by atomic mass is 32.2. The van der Waals surface area contributed by atoms with Crippen LogP contribution in [0.25, 0.3) is 27.7 Å². The molecule has 216 valence electrons. The van der Waals surface area contributed by atoms with Crippen LogP contribution < -0.4 is 20.8 Å². The fraction of sp³-hybridized carbons (Fsp3) is 0.107. The van der Waals surface area contributed by atoms with Gasteiger partial charge in [0.05, 0.1) is 29.3 Å². The van der Waals surface area contributed by atoms with Gasteiger partial charge in [-0.3, -0.25) is 4.79 Å². The number of methoxy groups -OCH3 is 1. The van der Waals surface area contributed by atoms with E-state index in [4.69, 9.17) is 10.5 Å². The van der Waals surface area contributed by atoms with Crippen LogP contribution in [0.4, 0.5) is 23.5 Å². The second kappa shape index (κ2) is 10.9. The fourth-order valence-electron chi connectivity index (χ4n) is 4.35. The van der Waals surface area contributed by atoms with E-state index in [9.17, 15) is 30.8 Å². The number of rotatable bonds is 7. The maximum Gasteiger partial charge on any atom is 0.418 e. The Kier molecular flexibility index (Phi) is 7.43. The molecule has 3 aromatic carbocycles. The summed E-state index contributed by atoms with van der Waals surface area (Å²) in [7, 11) is -3.04. The van der Waals surface area contributed by atoms with E-state index in [1.54, 1.807) is 6.07 Å². The van der Waals surface area contributed by atoms with Crippen molar-refractivity contribution in [2.75, 3.05) is 12.8 Å². The number of sulfonamides is 1. The Bertz CT molecular complexity index is 2000. The van der Waals surface area contributed by atoms with Gasteiger partial charge in [0, 0.05) is 23.9 Å². The molecule has 0 fully saturated rings. The molecular weight excluding hydrogens is 578 g/mol. The van der Waals surface area contributed by atoms with Gasteiger partial charge in [-0.2, -0.15) is 13.2 Å². The predicted octanol–water partition coefficient (Wildman–Crippen LogP) is 4.67. The van der Waals surface area contributed by atoms with Crippen LogP contribution in [0.5, 0.6) is 5.88 Å². The molecule has 0 aliphatic heterocycles. The maximum absolute atomic E-state index is 14.0. The Morgan fingerprint density at radius 3 is 2.43 bits per heavy atom. The van der Waals surface area contributed by atoms with Gasteiger partial charge in [-0.05, 0) is 42.0 Å². The number of nitrogen functional groups attached to an aromatic ring is 1. The number of hydrogen-bond donors (Lipinski definition) is 2. The average Bonchev–Trinajstić information content (AvgIpc) is 2.96. The van der Waals surface area contributed by atoms with Crippen molar-refractivity contribution in [1.82, 2.24) is 19.3 Å².